The lowest BCUT2D eigenvalue weighted by atomic mass is 10.1. The van der Waals surface area contributed by atoms with Crippen LogP contribution < -0.4 is 5.73 Å². The Morgan fingerprint density at radius 3 is 2.35 bits per heavy atom. The van der Waals surface area contributed by atoms with Gasteiger partial charge in [0.1, 0.15) is 5.84 Å². The first kappa shape index (κ1) is 13.0. The van der Waals surface area contributed by atoms with Gasteiger partial charge in [0.05, 0.1) is 0 Å². The first-order valence-corrected chi connectivity index (χ1v) is 6.72. The van der Waals surface area contributed by atoms with Crippen molar-refractivity contribution in [2.45, 2.75) is 0 Å². The number of benzene rings is 2. The highest BCUT2D eigenvalue weighted by Crippen LogP contribution is 2.29. The Labute approximate surface area is 125 Å². The Kier molecular flexibility index (Phi) is 3.16. The Balaban J connectivity index is 2.15. The zero-order valence-corrected chi connectivity index (χ0v) is 11.9. The maximum Gasteiger partial charge on any atom is 0.122 e. The maximum atomic E-state index is 7.47. The molecule has 1 aromatic heterocycles. The molecule has 0 unspecified atom stereocenters. The topological polar surface area (TPSA) is 65.7 Å². The largest absolute Gasteiger partial charge is 0.384 e. The van der Waals surface area contributed by atoms with Gasteiger partial charge in [-0.2, -0.15) is 0 Å². The lowest BCUT2D eigenvalue weighted by Gasteiger charge is -2.00. The average Bonchev–Trinajstić information content (AvgIpc) is 2.80. The smallest absolute Gasteiger partial charge is 0.122 e. The highest BCUT2D eigenvalue weighted by atomic mass is 35.5. The van der Waals surface area contributed by atoms with Crippen molar-refractivity contribution in [3.05, 3.63) is 58.1 Å². The normalized spacial score (nSPS) is 10.9. The van der Waals surface area contributed by atoms with E-state index in [1.165, 1.54) is 0 Å². The molecule has 0 aliphatic heterocycles. The molecule has 2 aromatic carbocycles. The molecular weight excluding hydrogens is 293 g/mol. The molecule has 1 heterocycles. The predicted molar refractivity (Wildman–Crippen MR) is 84.8 cm³/mol. The fourth-order valence-electron chi connectivity index (χ4n) is 2.16. The Morgan fingerprint density at radius 1 is 1.00 bits per heavy atom. The number of hydrogen-bond acceptors (Lipinski definition) is 1. The second-order valence-corrected chi connectivity index (χ2v) is 5.43. The van der Waals surface area contributed by atoms with Gasteiger partial charge in [0.15, 0.2) is 0 Å². The zero-order chi connectivity index (χ0) is 14.3. The average molecular weight is 304 g/mol. The van der Waals surface area contributed by atoms with Gasteiger partial charge in [-0.25, -0.2) is 0 Å². The summed E-state index contributed by atoms with van der Waals surface area (Å²) in [5.74, 6) is 0.0499. The van der Waals surface area contributed by atoms with Crippen molar-refractivity contribution in [2.75, 3.05) is 0 Å². The lowest BCUT2D eigenvalue weighted by molar-refractivity contribution is 1.42. The number of halogens is 2. The van der Waals surface area contributed by atoms with Crippen LogP contribution in [0.1, 0.15) is 5.56 Å². The number of rotatable bonds is 2. The van der Waals surface area contributed by atoms with E-state index >= 15 is 0 Å². The third kappa shape index (κ3) is 2.38. The predicted octanol–water partition coefficient (Wildman–Crippen LogP) is 4.43. The number of aromatic nitrogens is 1. The van der Waals surface area contributed by atoms with Crippen LogP contribution in [-0.2, 0) is 0 Å². The number of nitrogens with one attached hydrogen (secondary N) is 2. The molecule has 100 valence electrons. The SMILES string of the molecule is N=C(N)c1ccc2cc(-c3cc(Cl)cc(Cl)c3)[nH]c2c1. The fourth-order valence-corrected chi connectivity index (χ4v) is 2.69. The van der Waals surface area contributed by atoms with Crippen LogP contribution >= 0.6 is 23.2 Å². The van der Waals surface area contributed by atoms with E-state index in [4.69, 9.17) is 34.3 Å². The number of nitrogen functional groups attached to an aromatic ring is 1. The minimum Gasteiger partial charge on any atom is -0.384 e. The van der Waals surface area contributed by atoms with Crippen LogP contribution in [-0.4, -0.2) is 10.8 Å². The third-order valence-electron chi connectivity index (χ3n) is 3.11. The van der Waals surface area contributed by atoms with Crippen LogP contribution in [0.5, 0.6) is 0 Å². The number of H-pyrrole nitrogens is 1. The zero-order valence-electron chi connectivity index (χ0n) is 10.4. The fraction of sp³-hybridized carbons (Fsp3) is 0. The molecule has 0 amide bonds. The minimum atomic E-state index is 0.0499. The van der Waals surface area contributed by atoms with Crippen LogP contribution in [0.25, 0.3) is 22.2 Å². The molecule has 0 saturated heterocycles. The summed E-state index contributed by atoms with van der Waals surface area (Å²) < 4.78 is 0. The van der Waals surface area contributed by atoms with Gasteiger partial charge in [-0.05, 0) is 30.3 Å². The van der Waals surface area contributed by atoms with E-state index in [1.807, 2.05) is 36.4 Å². The molecule has 4 N–H and O–H groups in total. The Bertz CT molecular complexity index is 801. The summed E-state index contributed by atoms with van der Waals surface area (Å²) in [4.78, 5) is 3.29. The molecule has 0 atom stereocenters. The van der Waals surface area contributed by atoms with Crippen molar-refractivity contribution in [3.8, 4) is 11.3 Å². The number of fused-ring (bicyclic) bond motifs is 1. The molecule has 0 spiro atoms. The molecule has 3 aromatic rings. The standard InChI is InChI=1S/C15H11Cl2N3/c16-11-3-10(4-12(17)7-11)14-5-8-1-2-9(15(18)19)6-13(8)20-14/h1-7,20H,(H3,18,19). The molecular formula is C15H11Cl2N3. The molecule has 0 saturated carbocycles. The summed E-state index contributed by atoms with van der Waals surface area (Å²) in [5.41, 5.74) is 8.95. The molecule has 3 rings (SSSR count). The highest BCUT2D eigenvalue weighted by molar-refractivity contribution is 6.35. The molecule has 5 heteroatoms. The van der Waals surface area contributed by atoms with Crippen LogP contribution in [0.2, 0.25) is 10.0 Å². The third-order valence-corrected chi connectivity index (χ3v) is 3.54. The highest BCUT2D eigenvalue weighted by Gasteiger charge is 2.07. The first-order valence-electron chi connectivity index (χ1n) is 5.96. The van der Waals surface area contributed by atoms with Crippen molar-refractivity contribution in [3.63, 3.8) is 0 Å². The van der Waals surface area contributed by atoms with Gasteiger partial charge in [-0.1, -0.05) is 35.3 Å². The van der Waals surface area contributed by atoms with Crippen molar-refractivity contribution >= 4 is 39.9 Å². The molecule has 0 aliphatic rings. The van der Waals surface area contributed by atoms with E-state index in [2.05, 4.69) is 4.98 Å². The second-order valence-electron chi connectivity index (χ2n) is 4.56. The van der Waals surface area contributed by atoms with Gasteiger partial charge in [0.2, 0.25) is 0 Å². The van der Waals surface area contributed by atoms with E-state index in [0.717, 1.165) is 22.2 Å². The molecule has 3 nitrogen and oxygen atoms in total. The van der Waals surface area contributed by atoms with E-state index in [0.29, 0.717) is 15.6 Å². The van der Waals surface area contributed by atoms with Crippen LogP contribution in [0, 0.1) is 5.41 Å². The molecule has 0 radical (unpaired) electrons. The monoisotopic (exact) mass is 303 g/mol. The summed E-state index contributed by atoms with van der Waals surface area (Å²) >= 11 is 12.0. The summed E-state index contributed by atoms with van der Waals surface area (Å²) in [7, 11) is 0. The van der Waals surface area contributed by atoms with E-state index in [1.54, 1.807) is 6.07 Å². The van der Waals surface area contributed by atoms with E-state index in [-0.39, 0.29) is 5.84 Å². The van der Waals surface area contributed by atoms with Gasteiger partial charge < -0.3 is 10.7 Å². The van der Waals surface area contributed by atoms with Crippen LogP contribution in [0.4, 0.5) is 0 Å². The maximum absolute atomic E-state index is 7.47. The Morgan fingerprint density at radius 2 is 1.70 bits per heavy atom. The molecule has 0 fully saturated rings. The lowest BCUT2D eigenvalue weighted by Crippen LogP contribution is -2.10. The van der Waals surface area contributed by atoms with Crippen LogP contribution in [0.3, 0.4) is 0 Å². The first-order chi connectivity index (χ1) is 9.52. The van der Waals surface area contributed by atoms with Crippen LogP contribution in [0.15, 0.2) is 42.5 Å². The van der Waals surface area contributed by atoms with Gasteiger partial charge in [0, 0.05) is 37.8 Å². The second kappa shape index (κ2) is 4.85. The molecule has 20 heavy (non-hydrogen) atoms. The van der Waals surface area contributed by atoms with Gasteiger partial charge >= 0.3 is 0 Å². The van der Waals surface area contributed by atoms with Gasteiger partial charge in [-0.15, -0.1) is 0 Å². The van der Waals surface area contributed by atoms with E-state index in [9.17, 15) is 0 Å². The van der Waals surface area contributed by atoms with Crippen molar-refractivity contribution < 1.29 is 0 Å². The minimum absolute atomic E-state index is 0.0499. The molecule has 0 bridgehead atoms. The number of hydrogen-bond donors (Lipinski definition) is 3. The van der Waals surface area contributed by atoms with E-state index < -0.39 is 0 Å². The quantitative estimate of drug-likeness (QED) is 0.476. The van der Waals surface area contributed by atoms with Crippen molar-refractivity contribution in [1.82, 2.24) is 4.98 Å². The number of nitrogens with two attached hydrogens (primary N) is 1. The van der Waals surface area contributed by atoms with Gasteiger partial charge in [-0.3, -0.25) is 5.41 Å². The molecule has 0 aliphatic carbocycles. The van der Waals surface area contributed by atoms with Crippen molar-refractivity contribution in [1.29, 1.82) is 5.41 Å². The summed E-state index contributed by atoms with van der Waals surface area (Å²) in [6.07, 6.45) is 0. The van der Waals surface area contributed by atoms with Crippen molar-refractivity contribution in [2.24, 2.45) is 5.73 Å². The summed E-state index contributed by atoms with van der Waals surface area (Å²) in [6, 6.07) is 13.0. The Hall–Kier alpha value is -1.97. The summed E-state index contributed by atoms with van der Waals surface area (Å²) in [5, 5.41) is 9.70. The van der Waals surface area contributed by atoms with Gasteiger partial charge in [0.25, 0.3) is 0 Å². The number of aromatic amines is 1. The number of amidine groups is 1. The summed E-state index contributed by atoms with van der Waals surface area (Å²) in [6.45, 7) is 0.